The van der Waals surface area contributed by atoms with Gasteiger partial charge in [-0.1, -0.05) is 6.07 Å². The predicted molar refractivity (Wildman–Crippen MR) is 102 cm³/mol. The molecule has 0 spiro atoms. The molecule has 6 nitrogen and oxygen atoms in total. The van der Waals surface area contributed by atoms with Gasteiger partial charge in [-0.3, -0.25) is 9.10 Å². The highest BCUT2D eigenvalue weighted by molar-refractivity contribution is 7.92. The normalized spacial score (nSPS) is 16.3. The van der Waals surface area contributed by atoms with Crippen LogP contribution in [0.5, 0.6) is 5.75 Å². The highest BCUT2D eigenvalue weighted by Gasteiger charge is 2.34. The van der Waals surface area contributed by atoms with E-state index < -0.39 is 10.0 Å². The van der Waals surface area contributed by atoms with E-state index >= 15 is 0 Å². The third-order valence-corrected chi connectivity index (χ3v) is 6.37. The van der Waals surface area contributed by atoms with Crippen molar-refractivity contribution in [1.82, 2.24) is 0 Å². The lowest BCUT2D eigenvalue weighted by Gasteiger charge is -2.23. The van der Waals surface area contributed by atoms with Crippen LogP contribution in [0.3, 0.4) is 0 Å². The number of carbonyl (C=O) groups excluding carboxylic acids is 1. The number of fused-ring (bicyclic) bond motifs is 1. The van der Waals surface area contributed by atoms with Crippen molar-refractivity contribution in [3.8, 4) is 5.75 Å². The minimum absolute atomic E-state index is 0.0505. The Bertz CT molecular complexity index is 940. The summed E-state index contributed by atoms with van der Waals surface area (Å²) in [5.41, 5.74) is 2.66. The lowest BCUT2D eigenvalue weighted by Crippen LogP contribution is -2.36. The summed E-state index contributed by atoms with van der Waals surface area (Å²) in [6, 6.07) is 12.1. The lowest BCUT2D eigenvalue weighted by molar-refractivity contribution is 0.102. The fourth-order valence-corrected chi connectivity index (χ4v) is 4.59. The molecule has 1 aliphatic rings. The summed E-state index contributed by atoms with van der Waals surface area (Å²) in [4.78, 5) is 12.5. The van der Waals surface area contributed by atoms with Gasteiger partial charge in [-0.15, -0.1) is 0 Å². The monoisotopic (exact) mass is 374 g/mol. The first-order chi connectivity index (χ1) is 12.4. The second kappa shape index (κ2) is 6.99. The first kappa shape index (κ1) is 18.3. The first-order valence-electron chi connectivity index (χ1n) is 8.46. The third-order valence-electron chi connectivity index (χ3n) is 4.49. The number of benzene rings is 2. The van der Waals surface area contributed by atoms with E-state index in [0.29, 0.717) is 29.1 Å². The number of hydrogen-bond acceptors (Lipinski definition) is 4. The Balaban J connectivity index is 1.85. The van der Waals surface area contributed by atoms with Crippen LogP contribution in [0, 0.1) is 0 Å². The maximum atomic E-state index is 12.5. The molecule has 0 saturated heterocycles. The predicted octanol–water partition coefficient (Wildman–Crippen LogP) is 3.05. The maximum absolute atomic E-state index is 12.5. The average Bonchev–Trinajstić information content (AvgIpc) is 2.97. The third kappa shape index (κ3) is 3.39. The standard InChI is InChI=1S/C19H22N2O4S/c1-4-26(23,24)21-13(2)10-15-11-14(8-9-18(15)21)19(22)20-16-6-5-7-17(12-16)25-3/h5-9,11-13H,4,10H2,1-3H3,(H,20,22)/t13-/m1/s1. The van der Waals surface area contributed by atoms with Crippen LogP contribution in [0.4, 0.5) is 11.4 Å². The Labute approximate surface area is 153 Å². The summed E-state index contributed by atoms with van der Waals surface area (Å²) in [6.45, 7) is 3.51. The van der Waals surface area contributed by atoms with Crippen LogP contribution in [-0.2, 0) is 16.4 Å². The number of nitrogens with zero attached hydrogens (tertiary/aromatic N) is 1. The van der Waals surface area contributed by atoms with Crippen LogP contribution in [0.2, 0.25) is 0 Å². The lowest BCUT2D eigenvalue weighted by atomic mass is 10.1. The number of anilines is 2. The molecule has 1 N–H and O–H groups in total. The van der Waals surface area contributed by atoms with Crippen molar-refractivity contribution in [3.05, 3.63) is 53.6 Å². The smallest absolute Gasteiger partial charge is 0.255 e. The molecule has 7 heteroatoms. The number of carbonyl (C=O) groups is 1. The molecular weight excluding hydrogens is 352 g/mol. The zero-order valence-electron chi connectivity index (χ0n) is 15.0. The van der Waals surface area contributed by atoms with Gasteiger partial charge in [0.05, 0.1) is 18.6 Å². The van der Waals surface area contributed by atoms with Crippen LogP contribution in [0.25, 0.3) is 0 Å². The van der Waals surface area contributed by atoms with Crippen LogP contribution in [0.15, 0.2) is 42.5 Å². The highest BCUT2D eigenvalue weighted by atomic mass is 32.2. The van der Waals surface area contributed by atoms with Crippen molar-refractivity contribution in [1.29, 1.82) is 0 Å². The topological polar surface area (TPSA) is 75.7 Å². The van der Waals surface area contributed by atoms with E-state index in [-0.39, 0.29) is 17.7 Å². The number of ether oxygens (including phenoxy) is 1. The van der Waals surface area contributed by atoms with Gasteiger partial charge < -0.3 is 10.1 Å². The van der Waals surface area contributed by atoms with Gasteiger partial charge in [-0.05, 0) is 56.2 Å². The Morgan fingerprint density at radius 1 is 1.27 bits per heavy atom. The van der Waals surface area contributed by atoms with Gasteiger partial charge in [0.25, 0.3) is 5.91 Å². The summed E-state index contributed by atoms with van der Waals surface area (Å²) in [5, 5.41) is 2.84. The van der Waals surface area contributed by atoms with Gasteiger partial charge in [0.2, 0.25) is 10.0 Å². The highest BCUT2D eigenvalue weighted by Crippen LogP contribution is 2.35. The van der Waals surface area contributed by atoms with Crippen molar-refractivity contribution < 1.29 is 17.9 Å². The molecule has 1 heterocycles. The molecule has 0 saturated carbocycles. The van der Waals surface area contributed by atoms with Gasteiger partial charge in [0.15, 0.2) is 0 Å². The Morgan fingerprint density at radius 2 is 2.04 bits per heavy atom. The average molecular weight is 374 g/mol. The van der Waals surface area contributed by atoms with Crippen molar-refractivity contribution in [2.45, 2.75) is 26.3 Å². The van der Waals surface area contributed by atoms with E-state index in [4.69, 9.17) is 4.74 Å². The number of hydrogen-bond donors (Lipinski definition) is 1. The molecule has 26 heavy (non-hydrogen) atoms. The summed E-state index contributed by atoms with van der Waals surface area (Å²) in [7, 11) is -1.76. The molecule has 2 aromatic carbocycles. The molecule has 1 amide bonds. The molecule has 0 radical (unpaired) electrons. The number of rotatable bonds is 5. The molecule has 0 bridgehead atoms. The van der Waals surface area contributed by atoms with Crippen molar-refractivity contribution in [3.63, 3.8) is 0 Å². The molecule has 0 unspecified atom stereocenters. The van der Waals surface area contributed by atoms with E-state index in [2.05, 4.69) is 5.32 Å². The van der Waals surface area contributed by atoms with E-state index in [1.54, 1.807) is 56.5 Å². The van der Waals surface area contributed by atoms with E-state index in [1.807, 2.05) is 6.92 Å². The van der Waals surface area contributed by atoms with Gasteiger partial charge in [0.1, 0.15) is 5.75 Å². The van der Waals surface area contributed by atoms with Crippen molar-refractivity contribution >= 4 is 27.3 Å². The minimum Gasteiger partial charge on any atom is -0.497 e. The molecular formula is C19H22N2O4S. The number of sulfonamides is 1. The van der Waals surface area contributed by atoms with Crippen LogP contribution < -0.4 is 14.4 Å². The van der Waals surface area contributed by atoms with E-state index in [0.717, 1.165) is 5.56 Å². The van der Waals surface area contributed by atoms with Crippen LogP contribution >= 0.6 is 0 Å². The van der Waals surface area contributed by atoms with Crippen molar-refractivity contribution in [2.75, 3.05) is 22.5 Å². The van der Waals surface area contributed by atoms with Crippen molar-refractivity contribution in [2.24, 2.45) is 0 Å². The fraction of sp³-hybridized carbons (Fsp3) is 0.316. The molecule has 2 aromatic rings. The second-order valence-corrected chi connectivity index (χ2v) is 8.41. The van der Waals surface area contributed by atoms with Gasteiger partial charge in [0, 0.05) is 23.4 Å². The van der Waals surface area contributed by atoms with E-state index in [1.165, 1.54) is 4.31 Å². The van der Waals surface area contributed by atoms with E-state index in [9.17, 15) is 13.2 Å². The first-order valence-corrected chi connectivity index (χ1v) is 10.1. The number of nitrogens with one attached hydrogen (secondary N) is 1. The molecule has 0 fully saturated rings. The molecule has 1 aliphatic heterocycles. The largest absolute Gasteiger partial charge is 0.497 e. The molecule has 138 valence electrons. The summed E-state index contributed by atoms with van der Waals surface area (Å²) in [5.74, 6) is 0.464. The zero-order chi connectivity index (χ0) is 18.9. The zero-order valence-corrected chi connectivity index (χ0v) is 15.8. The minimum atomic E-state index is -3.33. The van der Waals surface area contributed by atoms with Gasteiger partial charge in [-0.25, -0.2) is 8.42 Å². The molecule has 1 atom stereocenters. The fourth-order valence-electron chi connectivity index (χ4n) is 3.21. The quantitative estimate of drug-likeness (QED) is 0.873. The molecule has 0 aromatic heterocycles. The number of amides is 1. The van der Waals surface area contributed by atoms with Crippen LogP contribution in [0.1, 0.15) is 29.8 Å². The maximum Gasteiger partial charge on any atom is 0.255 e. The Morgan fingerprint density at radius 3 is 2.73 bits per heavy atom. The molecule has 0 aliphatic carbocycles. The summed E-state index contributed by atoms with van der Waals surface area (Å²) < 4.78 is 31.3. The SMILES string of the molecule is CCS(=O)(=O)N1c2ccc(C(=O)Nc3cccc(OC)c3)cc2C[C@H]1C. The second-order valence-electron chi connectivity index (χ2n) is 6.28. The van der Waals surface area contributed by atoms with Crippen LogP contribution in [-0.4, -0.2) is 33.2 Å². The summed E-state index contributed by atoms with van der Waals surface area (Å²) in [6.07, 6.45) is 0.592. The molecule has 3 rings (SSSR count). The van der Waals surface area contributed by atoms with Gasteiger partial charge >= 0.3 is 0 Å². The Hall–Kier alpha value is -2.54. The number of methoxy groups -OCH3 is 1. The Kier molecular flexibility index (Phi) is 4.91. The van der Waals surface area contributed by atoms with Gasteiger partial charge in [-0.2, -0.15) is 0 Å². The summed E-state index contributed by atoms with van der Waals surface area (Å²) >= 11 is 0.